The Morgan fingerprint density at radius 1 is 1.26 bits per heavy atom. The van der Waals surface area contributed by atoms with Crippen molar-refractivity contribution in [3.8, 4) is 5.75 Å². The van der Waals surface area contributed by atoms with Crippen molar-refractivity contribution >= 4 is 23.1 Å². The van der Waals surface area contributed by atoms with Crippen LogP contribution in [0.15, 0.2) is 23.6 Å². The molecule has 1 aromatic heterocycles. The van der Waals surface area contributed by atoms with Gasteiger partial charge in [-0.1, -0.05) is 0 Å². The van der Waals surface area contributed by atoms with E-state index >= 15 is 0 Å². The Kier molecular flexibility index (Phi) is 5.60. The minimum Gasteiger partial charge on any atom is -0.491 e. The monoisotopic (exact) mass is 333 g/mol. The van der Waals surface area contributed by atoms with E-state index in [9.17, 15) is 4.79 Å². The average Bonchev–Trinajstić information content (AvgIpc) is 2.88. The molecule has 2 aromatic rings. The molecule has 2 rings (SSSR count). The highest BCUT2D eigenvalue weighted by Gasteiger charge is 2.13. The molecule has 124 valence electrons. The molecule has 2 amide bonds. The SMILES string of the molecule is Cc1csc(C(C)NC(=O)Nc2ccc(OC(C)C)cc2C)n1. The highest BCUT2D eigenvalue weighted by atomic mass is 32.1. The first kappa shape index (κ1) is 17.3. The van der Waals surface area contributed by atoms with Gasteiger partial charge in [0.15, 0.2) is 0 Å². The molecule has 23 heavy (non-hydrogen) atoms. The predicted molar refractivity (Wildman–Crippen MR) is 94.4 cm³/mol. The zero-order chi connectivity index (χ0) is 17.0. The molecule has 0 aliphatic carbocycles. The van der Waals surface area contributed by atoms with Gasteiger partial charge in [-0.3, -0.25) is 0 Å². The van der Waals surface area contributed by atoms with E-state index in [-0.39, 0.29) is 18.2 Å². The smallest absolute Gasteiger partial charge is 0.319 e. The minimum absolute atomic E-state index is 0.124. The summed E-state index contributed by atoms with van der Waals surface area (Å²) in [6, 6.07) is 5.26. The largest absolute Gasteiger partial charge is 0.491 e. The van der Waals surface area contributed by atoms with Gasteiger partial charge in [-0.15, -0.1) is 11.3 Å². The van der Waals surface area contributed by atoms with Crippen LogP contribution in [0, 0.1) is 13.8 Å². The van der Waals surface area contributed by atoms with Gasteiger partial charge in [-0.05, 0) is 58.4 Å². The second kappa shape index (κ2) is 7.46. The maximum Gasteiger partial charge on any atom is 0.319 e. The Hall–Kier alpha value is -2.08. The number of amides is 2. The van der Waals surface area contributed by atoms with Gasteiger partial charge in [-0.25, -0.2) is 9.78 Å². The van der Waals surface area contributed by atoms with Crippen LogP contribution in [0.1, 0.15) is 43.1 Å². The van der Waals surface area contributed by atoms with Gasteiger partial charge >= 0.3 is 6.03 Å². The predicted octanol–water partition coefficient (Wildman–Crippen LogP) is 4.43. The lowest BCUT2D eigenvalue weighted by molar-refractivity contribution is 0.242. The van der Waals surface area contributed by atoms with E-state index in [0.29, 0.717) is 0 Å². The number of rotatable bonds is 5. The molecule has 0 spiro atoms. The molecule has 0 aliphatic heterocycles. The maximum atomic E-state index is 12.1. The van der Waals surface area contributed by atoms with Crippen LogP contribution in [0.3, 0.4) is 0 Å². The van der Waals surface area contributed by atoms with E-state index in [2.05, 4.69) is 15.6 Å². The molecule has 1 atom stereocenters. The molecule has 0 saturated heterocycles. The quantitative estimate of drug-likeness (QED) is 0.851. The van der Waals surface area contributed by atoms with Crippen molar-refractivity contribution < 1.29 is 9.53 Å². The van der Waals surface area contributed by atoms with Crippen LogP contribution in [-0.4, -0.2) is 17.1 Å². The summed E-state index contributed by atoms with van der Waals surface area (Å²) in [6.45, 7) is 9.77. The molecular weight excluding hydrogens is 310 g/mol. The van der Waals surface area contributed by atoms with Crippen molar-refractivity contribution in [1.29, 1.82) is 0 Å². The van der Waals surface area contributed by atoms with E-state index in [0.717, 1.165) is 27.7 Å². The summed E-state index contributed by atoms with van der Waals surface area (Å²) < 4.78 is 5.64. The lowest BCUT2D eigenvalue weighted by Gasteiger charge is -2.15. The fraction of sp³-hybridized carbons (Fsp3) is 0.412. The molecule has 6 heteroatoms. The average molecular weight is 333 g/mol. The highest BCUT2D eigenvalue weighted by Crippen LogP contribution is 2.23. The molecule has 1 aromatic carbocycles. The highest BCUT2D eigenvalue weighted by molar-refractivity contribution is 7.09. The van der Waals surface area contributed by atoms with Gasteiger partial charge in [0, 0.05) is 16.8 Å². The van der Waals surface area contributed by atoms with Crippen LogP contribution in [0.2, 0.25) is 0 Å². The summed E-state index contributed by atoms with van der Waals surface area (Å²) in [5.41, 5.74) is 2.69. The number of ether oxygens (including phenoxy) is 1. The molecule has 0 bridgehead atoms. The third-order valence-electron chi connectivity index (χ3n) is 3.17. The number of aromatic nitrogens is 1. The Morgan fingerprint density at radius 2 is 2.00 bits per heavy atom. The number of benzene rings is 1. The maximum absolute atomic E-state index is 12.1. The number of nitrogens with one attached hydrogen (secondary N) is 2. The summed E-state index contributed by atoms with van der Waals surface area (Å²) in [6.07, 6.45) is 0.124. The zero-order valence-electron chi connectivity index (χ0n) is 14.1. The summed E-state index contributed by atoms with van der Waals surface area (Å²) in [4.78, 5) is 16.5. The van der Waals surface area contributed by atoms with Crippen molar-refractivity contribution in [2.75, 3.05) is 5.32 Å². The van der Waals surface area contributed by atoms with Gasteiger partial charge in [0.25, 0.3) is 0 Å². The number of thiazole rings is 1. The summed E-state index contributed by atoms with van der Waals surface area (Å²) in [7, 11) is 0. The Morgan fingerprint density at radius 3 is 2.57 bits per heavy atom. The Labute approximate surface area is 141 Å². The molecule has 0 radical (unpaired) electrons. The van der Waals surface area contributed by atoms with Gasteiger partial charge in [0.05, 0.1) is 12.1 Å². The number of hydrogen-bond acceptors (Lipinski definition) is 4. The van der Waals surface area contributed by atoms with Gasteiger partial charge in [0.1, 0.15) is 10.8 Å². The molecule has 2 N–H and O–H groups in total. The third kappa shape index (κ3) is 4.96. The molecule has 0 aliphatic rings. The lowest BCUT2D eigenvalue weighted by atomic mass is 10.2. The van der Waals surface area contributed by atoms with Crippen molar-refractivity contribution in [2.24, 2.45) is 0 Å². The summed E-state index contributed by atoms with van der Waals surface area (Å²) >= 11 is 1.55. The second-order valence-corrected chi connectivity index (χ2v) is 6.68. The third-order valence-corrected chi connectivity index (χ3v) is 4.32. The molecular formula is C17H23N3O2S. The topological polar surface area (TPSA) is 63.2 Å². The molecule has 1 unspecified atom stereocenters. The number of carbonyl (C=O) groups is 1. The van der Waals surface area contributed by atoms with Crippen LogP contribution >= 0.6 is 11.3 Å². The lowest BCUT2D eigenvalue weighted by Crippen LogP contribution is -2.31. The van der Waals surface area contributed by atoms with Crippen molar-refractivity contribution in [1.82, 2.24) is 10.3 Å². The van der Waals surface area contributed by atoms with Crippen molar-refractivity contribution in [3.05, 3.63) is 39.8 Å². The number of carbonyl (C=O) groups excluding carboxylic acids is 1. The number of urea groups is 1. The summed E-state index contributed by atoms with van der Waals surface area (Å²) in [5.74, 6) is 0.801. The first-order valence-corrected chi connectivity index (χ1v) is 8.50. The number of nitrogens with zero attached hydrogens (tertiary/aromatic N) is 1. The van der Waals surface area contributed by atoms with Gasteiger partial charge in [-0.2, -0.15) is 0 Å². The van der Waals surface area contributed by atoms with Crippen LogP contribution in [0.5, 0.6) is 5.75 Å². The first-order valence-electron chi connectivity index (χ1n) is 7.62. The normalized spacial score (nSPS) is 12.1. The van der Waals surface area contributed by atoms with Crippen LogP contribution < -0.4 is 15.4 Å². The van der Waals surface area contributed by atoms with Crippen LogP contribution in [0.4, 0.5) is 10.5 Å². The van der Waals surface area contributed by atoms with E-state index in [1.165, 1.54) is 0 Å². The van der Waals surface area contributed by atoms with Crippen LogP contribution in [0.25, 0.3) is 0 Å². The van der Waals surface area contributed by atoms with Gasteiger partial charge in [0.2, 0.25) is 0 Å². The van der Waals surface area contributed by atoms with E-state index in [4.69, 9.17) is 4.74 Å². The first-order chi connectivity index (χ1) is 10.8. The van der Waals surface area contributed by atoms with E-state index < -0.39 is 0 Å². The number of hydrogen-bond donors (Lipinski definition) is 2. The molecule has 0 fully saturated rings. The number of aryl methyl sites for hydroxylation is 2. The fourth-order valence-electron chi connectivity index (χ4n) is 2.11. The minimum atomic E-state index is -0.244. The standard InChI is InChI=1S/C17H23N3O2S/c1-10(2)22-14-6-7-15(11(3)8-14)20-17(21)19-13(5)16-18-12(4)9-23-16/h6-10,13H,1-5H3,(H2,19,20,21). The van der Waals surface area contributed by atoms with Crippen LogP contribution in [-0.2, 0) is 0 Å². The van der Waals surface area contributed by atoms with E-state index in [1.54, 1.807) is 11.3 Å². The Balaban J connectivity index is 1.97. The van der Waals surface area contributed by atoms with Crippen molar-refractivity contribution in [2.45, 2.75) is 46.8 Å². The summed E-state index contributed by atoms with van der Waals surface area (Å²) in [5, 5.41) is 8.64. The fourth-order valence-corrected chi connectivity index (χ4v) is 2.91. The number of anilines is 1. The molecule has 5 nitrogen and oxygen atoms in total. The molecule has 1 heterocycles. The molecule has 0 saturated carbocycles. The van der Waals surface area contributed by atoms with E-state index in [1.807, 2.05) is 58.2 Å². The van der Waals surface area contributed by atoms with Gasteiger partial charge < -0.3 is 15.4 Å². The van der Waals surface area contributed by atoms with Crippen molar-refractivity contribution in [3.63, 3.8) is 0 Å². The zero-order valence-corrected chi connectivity index (χ0v) is 15.0. The Bertz CT molecular complexity index is 682. The second-order valence-electron chi connectivity index (χ2n) is 5.79.